The average molecular weight is 221 g/mol. The highest BCUT2D eigenvalue weighted by atomic mass is 15.1. The molecular weight excluding hydrogens is 198 g/mol. The van der Waals surface area contributed by atoms with Gasteiger partial charge in [-0.1, -0.05) is 13.8 Å². The van der Waals surface area contributed by atoms with E-state index in [-0.39, 0.29) is 0 Å². The zero-order valence-electron chi connectivity index (χ0n) is 10.7. The summed E-state index contributed by atoms with van der Waals surface area (Å²) in [4.78, 5) is 4.18. The molecule has 1 aliphatic rings. The Labute approximate surface area is 98.3 Å². The standard InChI is InChI=1S/C13H23N3/c1-4-16-10-15-8-12(16)7-14-9-13(5-6-13)11(2)3/h8,10-11,14H,4-7,9H2,1-3H3. The first-order chi connectivity index (χ1) is 7.68. The maximum atomic E-state index is 4.18. The Morgan fingerprint density at radius 1 is 1.50 bits per heavy atom. The summed E-state index contributed by atoms with van der Waals surface area (Å²) in [6.45, 7) is 9.94. The van der Waals surface area contributed by atoms with Crippen molar-refractivity contribution in [2.45, 2.75) is 46.7 Å². The van der Waals surface area contributed by atoms with Crippen molar-refractivity contribution in [1.82, 2.24) is 14.9 Å². The van der Waals surface area contributed by atoms with Gasteiger partial charge < -0.3 is 9.88 Å². The van der Waals surface area contributed by atoms with E-state index in [0.717, 1.165) is 25.6 Å². The average Bonchev–Trinajstić information content (AvgIpc) is 2.91. The maximum Gasteiger partial charge on any atom is 0.0948 e. The van der Waals surface area contributed by atoms with Crippen molar-refractivity contribution in [3.05, 3.63) is 18.2 Å². The highest BCUT2D eigenvalue weighted by Gasteiger charge is 2.44. The minimum atomic E-state index is 0.594. The van der Waals surface area contributed by atoms with Crippen LogP contribution in [0.15, 0.2) is 12.5 Å². The minimum Gasteiger partial charge on any atom is -0.334 e. The molecule has 0 amide bonds. The van der Waals surface area contributed by atoms with Crippen molar-refractivity contribution in [3.8, 4) is 0 Å². The molecule has 1 aliphatic carbocycles. The van der Waals surface area contributed by atoms with Crippen LogP contribution in [0.25, 0.3) is 0 Å². The van der Waals surface area contributed by atoms with Crippen LogP contribution in [-0.2, 0) is 13.1 Å². The van der Waals surface area contributed by atoms with Crippen LogP contribution in [0.4, 0.5) is 0 Å². The molecular formula is C13H23N3. The second-order valence-corrected chi connectivity index (χ2v) is 5.29. The topological polar surface area (TPSA) is 29.9 Å². The van der Waals surface area contributed by atoms with Crippen molar-refractivity contribution in [3.63, 3.8) is 0 Å². The third-order valence-corrected chi connectivity index (χ3v) is 4.04. The Hall–Kier alpha value is -0.830. The quantitative estimate of drug-likeness (QED) is 0.799. The lowest BCUT2D eigenvalue weighted by molar-refractivity contribution is 0.336. The first-order valence-corrected chi connectivity index (χ1v) is 6.37. The fourth-order valence-electron chi connectivity index (χ4n) is 2.34. The lowest BCUT2D eigenvalue weighted by atomic mass is 9.92. The molecule has 90 valence electrons. The van der Waals surface area contributed by atoms with Crippen molar-refractivity contribution in [2.24, 2.45) is 11.3 Å². The smallest absolute Gasteiger partial charge is 0.0948 e. The predicted octanol–water partition coefficient (Wildman–Crippen LogP) is 2.43. The van der Waals surface area contributed by atoms with Crippen LogP contribution in [0.5, 0.6) is 0 Å². The summed E-state index contributed by atoms with van der Waals surface area (Å²) >= 11 is 0. The molecule has 0 saturated heterocycles. The van der Waals surface area contributed by atoms with E-state index in [0.29, 0.717) is 5.41 Å². The first kappa shape index (κ1) is 11.6. The number of nitrogens with one attached hydrogen (secondary N) is 1. The van der Waals surface area contributed by atoms with Crippen LogP contribution >= 0.6 is 0 Å². The number of nitrogens with zero attached hydrogens (tertiary/aromatic N) is 2. The second-order valence-electron chi connectivity index (χ2n) is 5.29. The highest BCUT2D eigenvalue weighted by molar-refractivity contribution is 5.00. The molecule has 0 spiro atoms. The van der Waals surface area contributed by atoms with Gasteiger partial charge in [-0.25, -0.2) is 4.98 Å². The van der Waals surface area contributed by atoms with E-state index in [1.807, 2.05) is 12.5 Å². The maximum absolute atomic E-state index is 4.18. The van der Waals surface area contributed by atoms with Crippen molar-refractivity contribution in [1.29, 1.82) is 0 Å². The second kappa shape index (κ2) is 4.58. The molecule has 1 aromatic rings. The third-order valence-electron chi connectivity index (χ3n) is 4.04. The Morgan fingerprint density at radius 3 is 2.81 bits per heavy atom. The van der Waals surface area contributed by atoms with Gasteiger partial charge in [0.15, 0.2) is 0 Å². The van der Waals surface area contributed by atoms with E-state index in [1.165, 1.54) is 18.5 Å². The van der Waals surface area contributed by atoms with E-state index in [9.17, 15) is 0 Å². The van der Waals surface area contributed by atoms with Gasteiger partial charge >= 0.3 is 0 Å². The highest BCUT2D eigenvalue weighted by Crippen LogP contribution is 2.51. The molecule has 0 unspecified atom stereocenters. The normalized spacial score (nSPS) is 18.0. The number of imidazole rings is 1. The number of hydrogen-bond donors (Lipinski definition) is 1. The van der Waals surface area contributed by atoms with E-state index < -0.39 is 0 Å². The third kappa shape index (κ3) is 2.29. The van der Waals surface area contributed by atoms with E-state index in [2.05, 4.69) is 35.6 Å². The molecule has 3 nitrogen and oxygen atoms in total. The van der Waals surface area contributed by atoms with Gasteiger partial charge in [0.2, 0.25) is 0 Å². The summed E-state index contributed by atoms with van der Waals surface area (Å²) < 4.78 is 2.20. The molecule has 0 radical (unpaired) electrons. The number of aromatic nitrogens is 2. The summed E-state index contributed by atoms with van der Waals surface area (Å²) in [7, 11) is 0. The molecule has 0 aromatic carbocycles. The van der Waals surface area contributed by atoms with E-state index in [4.69, 9.17) is 0 Å². The van der Waals surface area contributed by atoms with Gasteiger partial charge in [0.25, 0.3) is 0 Å². The van der Waals surface area contributed by atoms with E-state index in [1.54, 1.807) is 0 Å². The summed E-state index contributed by atoms with van der Waals surface area (Å²) in [5, 5.41) is 3.59. The Bertz CT molecular complexity index is 337. The van der Waals surface area contributed by atoms with Gasteiger partial charge in [-0.15, -0.1) is 0 Å². The van der Waals surface area contributed by atoms with Gasteiger partial charge in [-0.2, -0.15) is 0 Å². The summed E-state index contributed by atoms with van der Waals surface area (Å²) in [6.07, 6.45) is 6.66. The molecule has 1 heterocycles. The molecule has 3 heteroatoms. The van der Waals surface area contributed by atoms with Crippen molar-refractivity contribution >= 4 is 0 Å². The molecule has 1 saturated carbocycles. The van der Waals surface area contributed by atoms with Crippen LogP contribution in [0.2, 0.25) is 0 Å². The van der Waals surface area contributed by atoms with Crippen molar-refractivity contribution in [2.75, 3.05) is 6.54 Å². The van der Waals surface area contributed by atoms with Crippen molar-refractivity contribution < 1.29 is 0 Å². The monoisotopic (exact) mass is 221 g/mol. The Balaban J connectivity index is 1.80. The molecule has 2 rings (SSSR count). The molecule has 0 bridgehead atoms. The number of aryl methyl sites for hydroxylation is 1. The number of rotatable bonds is 6. The van der Waals surface area contributed by atoms with Gasteiger partial charge in [0.05, 0.1) is 12.0 Å². The van der Waals surface area contributed by atoms with Crippen LogP contribution < -0.4 is 5.32 Å². The molecule has 1 fully saturated rings. The van der Waals surface area contributed by atoms with Gasteiger partial charge in [0.1, 0.15) is 0 Å². The zero-order valence-corrected chi connectivity index (χ0v) is 10.7. The first-order valence-electron chi connectivity index (χ1n) is 6.37. The van der Waals surface area contributed by atoms with Crippen LogP contribution in [-0.4, -0.2) is 16.1 Å². The van der Waals surface area contributed by atoms with Crippen LogP contribution in [0.3, 0.4) is 0 Å². The molecule has 16 heavy (non-hydrogen) atoms. The zero-order chi connectivity index (χ0) is 11.6. The lowest BCUT2D eigenvalue weighted by Gasteiger charge is -2.20. The molecule has 1 N–H and O–H groups in total. The van der Waals surface area contributed by atoms with Gasteiger partial charge in [0, 0.05) is 25.8 Å². The largest absolute Gasteiger partial charge is 0.334 e. The van der Waals surface area contributed by atoms with E-state index >= 15 is 0 Å². The fourth-order valence-corrected chi connectivity index (χ4v) is 2.34. The summed E-state index contributed by atoms with van der Waals surface area (Å²) in [5.41, 5.74) is 1.89. The predicted molar refractivity (Wildman–Crippen MR) is 66.1 cm³/mol. The summed E-state index contributed by atoms with van der Waals surface area (Å²) in [6, 6.07) is 0. The Kier molecular flexibility index (Phi) is 3.33. The van der Waals surface area contributed by atoms with Crippen LogP contribution in [0.1, 0.15) is 39.3 Å². The van der Waals surface area contributed by atoms with Gasteiger partial charge in [-0.05, 0) is 31.1 Å². The Morgan fingerprint density at radius 2 is 2.25 bits per heavy atom. The minimum absolute atomic E-state index is 0.594. The molecule has 0 aliphatic heterocycles. The van der Waals surface area contributed by atoms with Crippen LogP contribution in [0, 0.1) is 11.3 Å². The fraction of sp³-hybridized carbons (Fsp3) is 0.769. The lowest BCUT2D eigenvalue weighted by Crippen LogP contribution is -2.27. The molecule has 0 atom stereocenters. The molecule has 1 aromatic heterocycles. The number of hydrogen-bond acceptors (Lipinski definition) is 2. The summed E-state index contributed by atoms with van der Waals surface area (Å²) in [5.74, 6) is 0.802. The van der Waals surface area contributed by atoms with Gasteiger partial charge in [-0.3, -0.25) is 0 Å². The SMILES string of the molecule is CCn1cncc1CNCC1(C(C)C)CC1.